The predicted octanol–water partition coefficient (Wildman–Crippen LogP) is 6.42. The van der Waals surface area contributed by atoms with E-state index in [4.69, 9.17) is 11.5 Å². The molecule has 1 heterocycles. The first-order valence-electron chi connectivity index (χ1n) is 11.3. The molecule has 35 heavy (non-hydrogen) atoms. The van der Waals surface area contributed by atoms with E-state index >= 15 is 0 Å². The van der Waals surface area contributed by atoms with E-state index < -0.39 is 0 Å². The van der Waals surface area contributed by atoms with Crippen molar-refractivity contribution in [2.45, 2.75) is 0 Å². The summed E-state index contributed by atoms with van der Waals surface area (Å²) in [6.45, 7) is 0. The average molecular weight is 456 g/mol. The van der Waals surface area contributed by atoms with Crippen molar-refractivity contribution in [2.24, 2.45) is 21.5 Å². The van der Waals surface area contributed by atoms with E-state index in [1.165, 1.54) is 0 Å². The van der Waals surface area contributed by atoms with Gasteiger partial charge in [0.05, 0.1) is 11.4 Å². The van der Waals surface area contributed by atoms with Gasteiger partial charge in [-0.1, -0.05) is 84.9 Å². The SMILES string of the molecule is NC(=Nc1ccc(-c2ccc(-c3ccc(N=C(N)c4ccccc4)cc3)[nH]2)cc1)c1ccccc1. The quantitative estimate of drug-likeness (QED) is 0.203. The van der Waals surface area contributed by atoms with Gasteiger partial charge in [-0.25, -0.2) is 9.98 Å². The number of rotatable bonds is 6. The first-order valence-corrected chi connectivity index (χ1v) is 11.3. The lowest BCUT2D eigenvalue weighted by molar-refractivity contribution is 1.38. The van der Waals surface area contributed by atoms with E-state index in [9.17, 15) is 0 Å². The van der Waals surface area contributed by atoms with Gasteiger partial charge < -0.3 is 16.5 Å². The van der Waals surface area contributed by atoms with Crippen molar-refractivity contribution in [3.05, 3.63) is 132 Å². The second-order valence-electron chi connectivity index (χ2n) is 8.11. The molecule has 1 aromatic heterocycles. The van der Waals surface area contributed by atoms with E-state index in [2.05, 4.69) is 27.1 Å². The van der Waals surface area contributed by atoms with Gasteiger partial charge in [-0.3, -0.25) is 0 Å². The fraction of sp³-hybridized carbons (Fsp3) is 0. The van der Waals surface area contributed by atoms with Gasteiger partial charge in [0.15, 0.2) is 0 Å². The molecule has 0 aliphatic rings. The molecule has 0 atom stereocenters. The number of aliphatic imine (C=N–C) groups is 2. The second-order valence-corrected chi connectivity index (χ2v) is 8.11. The number of hydrogen-bond donors (Lipinski definition) is 3. The molecule has 0 bridgehead atoms. The molecule has 0 aliphatic heterocycles. The maximum absolute atomic E-state index is 6.14. The van der Waals surface area contributed by atoms with Crippen LogP contribution in [0.2, 0.25) is 0 Å². The lowest BCUT2D eigenvalue weighted by Gasteiger charge is -2.04. The number of H-pyrrole nitrogens is 1. The molecule has 0 aliphatic carbocycles. The Labute approximate surface area is 204 Å². The lowest BCUT2D eigenvalue weighted by Crippen LogP contribution is -2.12. The van der Waals surface area contributed by atoms with Gasteiger partial charge in [0, 0.05) is 22.5 Å². The molecule has 0 spiro atoms. The Morgan fingerprint density at radius 3 is 1.20 bits per heavy atom. The summed E-state index contributed by atoms with van der Waals surface area (Å²) in [5.41, 5.74) is 19.9. The minimum absolute atomic E-state index is 0.499. The van der Waals surface area contributed by atoms with Crippen LogP contribution < -0.4 is 11.5 Å². The van der Waals surface area contributed by atoms with Gasteiger partial charge >= 0.3 is 0 Å². The Balaban J connectivity index is 1.30. The van der Waals surface area contributed by atoms with Crippen LogP contribution in [0.1, 0.15) is 11.1 Å². The Bertz CT molecular complexity index is 1350. The number of aromatic amines is 1. The molecule has 5 aromatic rings. The molecule has 0 radical (unpaired) electrons. The van der Waals surface area contributed by atoms with Crippen LogP contribution in [0, 0.1) is 0 Å². The smallest absolute Gasteiger partial charge is 0.131 e. The molecule has 4 aromatic carbocycles. The largest absolute Gasteiger partial charge is 0.383 e. The Hall–Kier alpha value is -4.90. The minimum atomic E-state index is 0.499. The summed E-state index contributed by atoms with van der Waals surface area (Å²) in [5.74, 6) is 0.998. The maximum atomic E-state index is 6.14. The van der Waals surface area contributed by atoms with Crippen molar-refractivity contribution >= 4 is 23.0 Å². The molecule has 0 saturated heterocycles. The first kappa shape index (κ1) is 21.9. The molecular formula is C30H25N5. The molecule has 0 saturated carbocycles. The van der Waals surface area contributed by atoms with Gasteiger partial charge in [-0.15, -0.1) is 0 Å². The van der Waals surface area contributed by atoms with E-state index in [1.54, 1.807) is 0 Å². The van der Waals surface area contributed by atoms with Crippen LogP contribution in [0.25, 0.3) is 22.5 Å². The normalized spacial score (nSPS) is 12.0. The van der Waals surface area contributed by atoms with Crippen LogP contribution >= 0.6 is 0 Å². The highest BCUT2D eigenvalue weighted by atomic mass is 14.9. The zero-order chi connectivity index (χ0) is 24.0. The lowest BCUT2D eigenvalue weighted by atomic mass is 10.1. The summed E-state index contributed by atoms with van der Waals surface area (Å²) in [4.78, 5) is 12.6. The first-order chi connectivity index (χ1) is 17.2. The molecule has 0 unspecified atom stereocenters. The Kier molecular flexibility index (Phi) is 6.22. The van der Waals surface area contributed by atoms with Crippen LogP contribution in [0.4, 0.5) is 11.4 Å². The molecule has 170 valence electrons. The van der Waals surface area contributed by atoms with Crippen LogP contribution in [0.3, 0.4) is 0 Å². The Morgan fingerprint density at radius 1 is 0.457 bits per heavy atom. The summed E-state index contributed by atoms with van der Waals surface area (Å²) in [7, 11) is 0. The van der Waals surface area contributed by atoms with Crippen molar-refractivity contribution < 1.29 is 0 Å². The maximum Gasteiger partial charge on any atom is 0.131 e. The number of hydrogen-bond acceptors (Lipinski definition) is 2. The molecule has 5 nitrogen and oxygen atoms in total. The van der Waals surface area contributed by atoms with Crippen molar-refractivity contribution in [2.75, 3.05) is 0 Å². The Morgan fingerprint density at radius 2 is 0.829 bits per heavy atom. The van der Waals surface area contributed by atoms with Crippen molar-refractivity contribution in [1.29, 1.82) is 0 Å². The molecule has 5 N–H and O–H groups in total. The standard InChI is InChI=1S/C30H25N5/c31-29(23-7-3-1-4-8-23)33-25-15-11-21(12-16-25)27-19-20-28(35-27)22-13-17-26(18-14-22)34-30(32)24-9-5-2-6-10-24/h1-20,35H,(H2,31,33)(H2,32,34). The predicted molar refractivity (Wildman–Crippen MR) is 145 cm³/mol. The third-order valence-corrected chi connectivity index (χ3v) is 5.68. The minimum Gasteiger partial charge on any atom is -0.383 e. The molecule has 5 heteroatoms. The van der Waals surface area contributed by atoms with Gasteiger partial charge in [0.1, 0.15) is 11.7 Å². The summed E-state index contributed by atoms with van der Waals surface area (Å²) in [5, 5.41) is 0. The topological polar surface area (TPSA) is 92.5 Å². The average Bonchev–Trinajstić information content (AvgIpc) is 3.41. The van der Waals surface area contributed by atoms with Crippen molar-refractivity contribution in [1.82, 2.24) is 4.98 Å². The molecule has 0 fully saturated rings. The van der Waals surface area contributed by atoms with Crippen LogP contribution in [0.5, 0.6) is 0 Å². The third kappa shape index (κ3) is 5.20. The van der Waals surface area contributed by atoms with E-state index in [0.717, 1.165) is 45.0 Å². The number of nitrogens with two attached hydrogens (primary N) is 2. The monoisotopic (exact) mass is 455 g/mol. The number of aromatic nitrogens is 1. The highest BCUT2D eigenvalue weighted by Crippen LogP contribution is 2.27. The zero-order valence-electron chi connectivity index (χ0n) is 19.1. The van der Waals surface area contributed by atoms with Crippen LogP contribution in [-0.4, -0.2) is 16.7 Å². The molecule has 5 rings (SSSR count). The summed E-state index contributed by atoms with van der Waals surface area (Å²) < 4.78 is 0. The number of benzene rings is 4. The summed E-state index contributed by atoms with van der Waals surface area (Å²) in [6.07, 6.45) is 0. The fourth-order valence-corrected chi connectivity index (χ4v) is 3.79. The number of nitrogens with zero attached hydrogens (tertiary/aromatic N) is 2. The van der Waals surface area contributed by atoms with Gasteiger partial charge in [0.25, 0.3) is 0 Å². The van der Waals surface area contributed by atoms with E-state index in [1.807, 2.05) is 109 Å². The molecule has 0 amide bonds. The number of amidine groups is 2. The van der Waals surface area contributed by atoms with Gasteiger partial charge in [0.2, 0.25) is 0 Å². The fourth-order valence-electron chi connectivity index (χ4n) is 3.79. The van der Waals surface area contributed by atoms with E-state index in [-0.39, 0.29) is 0 Å². The van der Waals surface area contributed by atoms with Crippen molar-refractivity contribution in [3.63, 3.8) is 0 Å². The van der Waals surface area contributed by atoms with Crippen molar-refractivity contribution in [3.8, 4) is 22.5 Å². The van der Waals surface area contributed by atoms with Crippen LogP contribution in [-0.2, 0) is 0 Å². The third-order valence-electron chi connectivity index (χ3n) is 5.68. The van der Waals surface area contributed by atoms with Gasteiger partial charge in [-0.05, 0) is 47.5 Å². The zero-order valence-corrected chi connectivity index (χ0v) is 19.1. The number of nitrogens with one attached hydrogen (secondary N) is 1. The second kappa shape index (κ2) is 9.93. The highest BCUT2D eigenvalue weighted by molar-refractivity contribution is 5.99. The molecular weight excluding hydrogens is 430 g/mol. The highest BCUT2D eigenvalue weighted by Gasteiger charge is 2.06. The summed E-state index contributed by atoms with van der Waals surface area (Å²) in [6, 6.07) is 39.7. The van der Waals surface area contributed by atoms with Gasteiger partial charge in [-0.2, -0.15) is 0 Å². The van der Waals surface area contributed by atoms with E-state index in [0.29, 0.717) is 11.7 Å². The summed E-state index contributed by atoms with van der Waals surface area (Å²) >= 11 is 0. The van der Waals surface area contributed by atoms with Crippen LogP contribution in [0.15, 0.2) is 131 Å².